The molecule has 0 saturated heterocycles. The molecule has 1 aliphatic carbocycles. The minimum Gasteiger partial charge on any atom is -0.271 e. The quantitative estimate of drug-likeness (QED) is 0.615. The Morgan fingerprint density at radius 2 is 2.11 bits per heavy atom. The molecule has 0 amide bonds. The van der Waals surface area contributed by atoms with Gasteiger partial charge in [0.15, 0.2) is 0 Å². The Kier molecular flexibility index (Phi) is 5.61. The summed E-state index contributed by atoms with van der Waals surface area (Å²) in [5.74, 6) is 6.17. The van der Waals surface area contributed by atoms with Gasteiger partial charge in [-0.1, -0.05) is 43.4 Å². The Balaban J connectivity index is 1.90. The van der Waals surface area contributed by atoms with E-state index in [-0.39, 0.29) is 11.9 Å². The first-order valence-electron chi connectivity index (χ1n) is 7.09. The van der Waals surface area contributed by atoms with Crippen molar-refractivity contribution in [3.8, 4) is 0 Å². The van der Waals surface area contributed by atoms with E-state index in [9.17, 15) is 4.39 Å². The number of nitrogens with one attached hydrogen (secondary N) is 1. The van der Waals surface area contributed by atoms with Crippen LogP contribution in [-0.2, 0) is 6.42 Å². The summed E-state index contributed by atoms with van der Waals surface area (Å²) in [6, 6.07) is 4.90. The van der Waals surface area contributed by atoms with Crippen molar-refractivity contribution >= 4 is 11.6 Å². The average Bonchev–Trinajstić information content (AvgIpc) is 2.91. The molecular formula is C15H22ClFN2. The Labute approximate surface area is 119 Å². The maximum Gasteiger partial charge on any atom is 0.127 e. The Morgan fingerprint density at radius 1 is 1.37 bits per heavy atom. The zero-order valence-corrected chi connectivity index (χ0v) is 11.9. The molecule has 0 aliphatic heterocycles. The minimum absolute atomic E-state index is 0.0926. The van der Waals surface area contributed by atoms with E-state index in [1.54, 1.807) is 12.1 Å². The molecule has 0 aromatic heterocycles. The molecule has 1 aromatic rings. The lowest BCUT2D eigenvalue weighted by Crippen LogP contribution is -2.37. The first-order valence-corrected chi connectivity index (χ1v) is 7.47. The van der Waals surface area contributed by atoms with Crippen LogP contribution in [0, 0.1) is 11.7 Å². The fourth-order valence-corrected chi connectivity index (χ4v) is 3.19. The highest BCUT2D eigenvalue weighted by molar-refractivity contribution is 6.31. The fraction of sp³-hybridized carbons (Fsp3) is 0.600. The van der Waals surface area contributed by atoms with Gasteiger partial charge in [0.05, 0.1) is 0 Å². The van der Waals surface area contributed by atoms with Gasteiger partial charge < -0.3 is 0 Å². The van der Waals surface area contributed by atoms with Crippen LogP contribution in [-0.4, -0.2) is 6.04 Å². The van der Waals surface area contributed by atoms with Gasteiger partial charge in [0.25, 0.3) is 0 Å². The van der Waals surface area contributed by atoms with Gasteiger partial charge in [-0.3, -0.25) is 11.3 Å². The average molecular weight is 285 g/mol. The Bertz CT molecular complexity index is 385. The number of hydrogen-bond acceptors (Lipinski definition) is 2. The van der Waals surface area contributed by atoms with E-state index < -0.39 is 0 Å². The highest BCUT2D eigenvalue weighted by atomic mass is 35.5. The van der Waals surface area contributed by atoms with Gasteiger partial charge in [-0.25, -0.2) is 4.39 Å². The van der Waals surface area contributed by atoms with Crippen molar-refractivity contribution in [2.45, 2.75) is 51.0 Å². The standard InChI is InChI=1S/C15H22ClFN2/c16-14-6-3-7-15(17)13(14)10-12(19-18)9-8-11-4-1-2-5-11/h3,6-7,11-12,19H,1-2,4-5,8-10,18H2. The van der Waals surface area contributed by atoms with Crippen LogP contribution in [0.3, 0.4) is 0 Å². The van der Waals surface area contributed by atoms with Crippen LogP contribution < -0.4 is 11.3 Å². The molecule has 0 radical (unpaired) electrons. The number of rotatable bonds is 6. The maximum atomic E-state index is 13.7. The molecule has 0 bridgehead atoms. The lowest BCUT2D eigenvalue weighted by molar-refractivity contribution is 0.403. The highest BCUT2D eigenvalue weighted by Gasteiger charge is 2.18. The van der Waals surface area contributed by atoms with Crippen molar-refractivity contribution in [1.29, 1.82) is 0 Å². The van der Waals surface area contributed by atoms with Gasteiger partial charge in [0.1, 0.15) is 5.82 Å². The van der Waals surface area contributed by atoms with Crippen molar-refractivity contribution in [3.63, 3.8) is 0 Å². The van der Waals surface area contributed by atoms with E-state index in [1.165, 1.54) is 38.2 Å². The molecule has 1 saturated carbocycles. The topological polar surface area (TPSA) is 38.0 Å². The lowest BCUT2D eigenvalue weighted by atomic mass is 9.95. The molecule has 1 unspecified atom stereocenters. The molecule has 1 fully saturated rings. The van der Waals surface area contributed by atoms with Crippen LogP contribution >= 0.6 is 11.6 Å². The molecule has 1 aromatic carbocycles. The lowest BCUT2D eigenvalue weighted by Gasteiger charge is -2.19. The molecule has 1 aliphatic rings. The smallest absolute Gasteiger partial charge is 0.127 e. The number of nitrogens with two attached hydrogens (primary N) is 1. The summed E-state index contributed by atoms with van der Waals surface area (Å²) in [6.45, 7) is 0. The summed E-state index contributed by atoms with van der Waals surface area (Å²) in [5, 5.41) is 0.487. The first-order chi connectivity index (χ1) is 9.20. The molecular weight excluding hydrogens is 263 g/mol. The summed E-state index contributed by atoms with van der Waals surface area (Å²) >= 11 is 6.05. The zero-order chi connectivity index (χ0) is 13.7. The molecule has 19 heavy (non-hydrogen) atoms. The van der Waals surface area contributed by atoms with Gasteiger partial charge >= 0.3 is 0 Å². The second-order valence-electron chi connectivity index (χ2n) is 5.50. The van der Waals surface area contributed by atoms with E-state index in [4.69, 9.17) is 17.4 Å². The second-order valence-corrected chi connectivity index (χ2v) is 5.90. The van der Waals surface area contributed by atoms with Gasteiger partial charge in [-0.05, 0) is 37.3 Å². The van der Waals surface area contributed by atoms with Crippen LogP contribution in [0.2, 0.25) is 5.02 Å². The summed E-state index contributed by atoms with van der Waals surface area (Å²) in [5.41, 5.74) is 3.37. The van der Waals surface area contributed by atoms with Crippen molar-refractivity contribution in [2.75, 3.05) is 0 Å². The van der Waals surface area contributed by atoms with E-state index in [0.717, 1.165) is 12.3 Å². The first kappa shape index (κ1) is 14.8. The van der Waals surface area contributed by atoms with Gasteiger partial charge in [0, 0.05) is 16.6 Å². The molecule has 2 rings (SSSR count). The normalized spacial score (nSPS) is 17.8. The maximum absolute atomic E-state index is 13.7. The largest absolute Gasteiger partial charge is 0.271 e. The summed E-state index contributed by atoms with van der Waals surface area (Å²) in [7, 11) is 0. The molecule has 2 nitrogen and oxygen atoms in total. The van der Waals surface area contributed by atoms with Crippen LogP contribution in [0.1, 0.15) is 44.1 Å². The fourth-order valence-electron chi connectivity index (χ4n) is 2.95. The van der Waals surface area contributed by atoms with Crippen LogP contribution in [0.5, 0.6) is 0 Å². The van der Waals surface area contributed by atoms with Gasteiger partial charge in [0.2, 0.25) is 0 Å². The van der Waals surface area contributed by atoms with E-state index in [0.29, 0.717) is 17.0 Å². The third-order valence-electron chi connectivity index (χ3n) is 4.15. The van der Waals surface area contributed by atoms with Gasteiger partial charge in [-0.2, -0.15) is 0 Å². The van der Waals surface area contributed by atoms with E-state index in [2.05, 4.69) is 5.43 Å². The van der Waals surface area contributed by atoms with Crippen molar-refractivity contribution < 1.29 is 4.39 Å². The number of hydrogen-bond donors (Lipinski definition) is 2. The number of halogens is 2. The summed E-state index contributed by atoms with van der Waals surface area (Å²) < 4.78 is 13.7. The van der Waals surface area contributed by atoms with Crippen molar-refractivity contribution in [2.24, 2.45) is 11.8 Å². The predicted octanol–water partition coefficient (Wildman–Crippen LogP) is 3.82. The van der Waals surface area contributed by atoms with Crippen molar-refractivity contribution in [3.05, 3.63) is 34.6 Å². The molecule has 0 heterocycles. The minimum atomic E-state index is -0.242. The molecule has 1 atom stereocenters. The molecule has 3 N–H and O–H groups in total. The van der Waals surface area contributed by atoms with Crippen LogP contribution in [0.4, 0.5) is 4.39 Å². The van der Waals surface area contributed by atoms with Crippen molar-refractivity contribution in [1.82, 2.24) is 5.43 Å². The second kappa shape index (κ2) is 7.22. The third kappa shape index (κ3) is 4.16. The molecule has 4 heteroatoms. The molecule has 106 valence electrons. The summed E-state index contributed by atoms with van der Waals surface area (Å²) in [4.78, 5) is 0. The van der Waals surface area contributed by atoms with E-state index >= 15 is 0 Å². The monoisotopic (exact) mass is 284 g/mol. The Morgan fingerprint density at radius 3 is 2.74 bits per heavy atom. The SMILES string of the molecule is NNC(CCC1CCCC1)Cc1c(F)cccc1Cl. The summed E-state index contributed by atoms with van der Waals surface area (Å²) in [6.07, 6.45) is 8.06. The third-order valence-corrected chi connectivity index (χ3v) is 4.50. The number of benzene rings is 1. The number of hydrazine groups is 1. The molecule has 0 spiro atoms. The van der Waals surface area contributed by atoms with E-state index in [1.807, 2.05) is 0 Å². The van der Waals surface area contributed by atoms with Crippen LogP contribution in [0.15, 0.2) is 18.2 Å². The van der Waals surface area contributed by atoms with Crippen LogP contribution in [0.25, 0.3) is 0 Å². The Hall–Kier alpha value is -0.640. The highest BCUT2D eigenvalue weighted by Crippen LogP contribution is 2.29. The zero-order valence-electron chi connectivity index (χ0n) is 11.2. The predicted molar refractivity (Wildman–Crippen MR) is 77.4 cm³/mol. The van der Waals surface area contributed by atoms with Gasteiger partial charge in [-0.15, -0.1) is 0 Å².